The van der Waals surface area contributed by atoms with Crippen LogP contribution in [0, 0.1) is 0 Å². The quantitative estimate of drug-likeness (QED) is 0.398. The summed E-state index contributed by atoms with van der Waals surface area (Å²) in [5.74, 6) is 1.83. The van der Waals surface area contributed by atoms with Crippen molar-refractivity contribution in [3.8, 4) is 0 Å². The predicted molar refractivity (Wildman–Crippen MR) is 28.9 cm³/mol. The fraction of sp³-hybridized carbons (Fsp3) is 0. The molecule has 2 nitrogen and oxygen atoms in total. The van der Waals surface area contributed by atoms with Gasteiger partial charge < -0.3 is 0 Å². The van der Waals surface area contributed by atoms with Gasteiger partial charge in [0.05, 0.1) is 0 Å². The number of hydrogen-bond donors (Lipinski definition) is 0. The van der Waals surface area contributed by atoms with Gasteiger partial charge >= 0.3 is 7.41 Å². The molecule has 1 radical (unpaired) electrons. The van der Waals surface area contributed by atoms with Gasteiger partial charge in [-0.3, -0.25) is 5.03 Å². The van der Waals surface area contributed by atoms with Crippen LogP contribution in [-0.2, 0) is 0 Å². The summed E-state index contributed by atoms with van der Waals surface area (Å²) >= 11 is 0. The van der Waals surface area contributed by atoms with E-state index < -0.39 is 0 Å². The van der Waals surface area contributed by atoms with Crippen molar-refractivity contribution < 1.29 is 0 Å². The third-order valence-electron chi connectivity index (χ3n) is 0.594. The monoisotopic (exact) mass is 91.0 g/mol. The minimum atomic E-state index is 1.64. The molecule has 0 fully saturated rings. The average molecular weight is 90.9 g/mol. The van der Waals surface area contributed by atoms with E-state index in [1.807, 2.05) is 18.1 Å². The van der Waals surface area contributed by atoms with Crippen molar-refractivity contribution in [2.24, 2.45) is 10.1 Å². The van der Waals surface area contributed by atoms with Gasteiger partial charge in [-0.25, -0.2) is 0 Å². The van der Waals surface area contributed by atoms with Crippen LogP contribution in [0.1, 0.15) is 0 Å². The van der Waals surface area contributed by atoms with Gasteiger partial charge in [0.2, 0.25) is 0 Å². The summed E-state index contributed by atoms with van der Waals surface area (Å²) in [6.45, 7) is 0. The molecule has 1 aliphatic rings. The van der Waals surface area contributed by atoms with Crippen molar-refractivity contribution in [3.63, 3.8) is 0 Å². The molecule has 0 unspecified atom stereocenters. The molecule has 0 aromatic rings. The molecule has 1 aliphatic heterocycles. The second-order valence-corrected chi connectivity index (χ2v) is 1.11. The summed E-state index contributed by atoms with van der Waals surface area (Å²) in [5, 5.41) is 7.19. The van der Waals surface area contributed by atoms with E-state index in [1.165, 1.54) is 0 Å². The Labute approximate surface area is 42.9 Å². The SMILES string of the molecule is [B]1C=CC=CN=N1. The van der Waals surface area contributed by atoms with Gasteiger partial charge in [-0.05, 0) is 6.08 Å². The molecule has 1 heterocycles. The summed E-state index contributed by atoms with van der Waals surface area (Å²) in [6.07, 6.45) is 5.34. The Morgan fingerprint density at radius 1 is 1.29 bits per heavy atom. The summed E-state index contributed by atoms with van der Waals surface area (Å²) in [5.41, 5.74) is 0. The van der Waals surface area contributed by atoms with Crippen LogP contribution in [-0.4, -0.2) is 7.41 Å². The second kappa shape index (κ2) is 2.34. The lowest BCUT2D eigenvalue weighted by Crippen LogP contribution is -1.69. The molecule has 0 saturated carbocycles. The van der Waals surface area contributed by atoms with Crippen molar-refractivity contribution in [1.82, 2.24) is 0 Å². The van der Waals surface area contributed by atoms with Gasteiger partial charge in [0.15, 0.2) is 0 Å². The zero-order chi connectivity index (χ0) is 4.95. The van der Waals surface area contributed by atoms with Gasteiger partial charge in [0.1, 0.15) is 0 Å². The third kappa shape index (κ3) is 1.35. The molecule has 3 heteroatoms. The van der Waals surface area contributed by atoms with Gasteiger partial charge in [0, 0.05) is 6.20 Å². The zero-order valence-corrected chi connectivity index (χ0v) is 3.78. The van der Waals surface area contributed by atoms with Crippen LogP contribution in [0.3, 0.4) is 0 Å². The highest BCUT2D eigenvalue weighted by Gasteiger charge is 1.77. The minimum absolute atomic E-state index is 1.64. The maximum atomic E-state index is 3.60. The van der Waals surface area contributed by atoms with E-state index in [4.69, 9.17) is 0 Å². The topological polar surface area (TPSA) is 24.7 Å². The second-order valence-electron chi connectivity index (χ2n) is 1.11. The van der Waals surface area contributed by atoms with Crippen LogP contribution in [0.15, 0.2) is 34.5 Å². The first-order valence-corrected chi connectivity index (χ1v) is 2.05. The van der Waals surface area contributed by atoms with Crippen LogP contribution < -0.4 is 0 Å². The van der Waals surface area contributed by atoms with E-state index in [2.05, 4.69) is 10.1 Å². The van der Waals surface area contributed by atoms with E-state index in [1.54, 1.807) is 13.6 Å². The van der Waals surface area contributed by atoms with Gasteiger partial charge in [-0.2, -0.15) is 5.11 Å². The van der Waals surface area contributed by atoms with Crippen molar-refractivity contribution in [1.29, 1.82) is 0 Å². The van der Waals surface area contributed by atoms with Crippen LogP contribution in [0.5, 0.6) is 0 Å². The number of allylic oxidation sites excluding steroid dienone is 2. The Kier molecular flexibility index (Phi) is 1.44. The van der Waals surface area contributed by atoms with Crippen molar-refractivity contribution in [3.05, 3.63) is 24.3 Å². The molecule has 0 aliphatic carbocycles. The Balaban J connectivity index is 2.60. The first-order valence-electron chi connectivity index (χ1n) is 2.05. The van der Waals surface area contributed by atoms with Crippen LogP contribution in [0.25, 0.3) is 0 Å². The summed E-state index contributed by atoms with van der Waals surface area (Å²) in [7, 11) is 1.64. The van der Waals surface area contributed by atoms with E-state index in [-0.39, 0.29) is 0 Å². The normalized spacial score (nSPS) is 16.0. The lowest BCUT2D eigenvalue weighted by Gasteiger charge is -1.66. The Morgan fingerprint density at radius 2 is 2.29 bits per heavy atom. The lowest BCUT2D eigenvalue weighted by atomic mass is 9.97. The molecule has 0 atom stereocenters. The zero-order valence-electron chi connectivity index (χ0n) is 3.78. The number of nitrogens with zero attached hydrogens (tertiary/aromatic N) is 2. The maximum Gasteiger partial charge on any atom is 0.335 e. The largest absolute Gasteiger partial charge is 0.335 e. The van der Waals surface area contributed by atoms with E-state index in [9.17, 15) is 0 Å². The highest BCUT2D eigenvalue weighted by atomic mass is 15.0. The minimum Gasteiger partial charge on any atom is -0.255 e. The van der Waals surface area contributed by atoms with Gasteiger partial charge in [0.25, 0.3) is 0 Å². The Morgan fingerprint density at radius 3 is 3.29 bits per heavy atom. The van der Waals surface area contributed by atoms with Crippen molar-refractivity contribution >= 4 is 7.41 Å². The molecule has 0 spiro atoms. The number of hydrogen-bond acceptors (Lipinski definition) is 2. The molecule has 0 saturated heterocycles. The molecule has 33 valence electrons. The van der Waals surface area contributed by atoms with Crippen LogP contribution in [0.2, 0.25) is 0 Å². The highest BCUT2D eigenvalue weighted by molar-refractivity contribution is 6.39. The molecule has 1 rings (SSSR count). The smallest absolute Gasteiger partial charge is 0.255 e. The highest BCUT2D eigenvalue weighted by Crippen LogP contribution is 1.84. The van der Waals surface area contributed by atoms with E-state index >= 15 is 0 Å². The molecular weight excluding hydrogens is 86.9 g/mol. The van der Waals surface area contributed by atoms with E-state index in [0.717, 1.165) is 0 Å². The molecule has 0 amide bonds. The molecule has 0 bridgehead atoms. The van der Waals surface area contributed by atoms with Gasteiger partial charge in [-0.1, -0.05) is 12.1 Å². The predicted octanol–water partition coefficient (Wildman–Crippen LogP) is 1.10. The Hall–Kier alpha value is -0.855. The van der Waals surface area contributed by atoms with Crippen molar-refractivity contribution in [2.75, 3.05) is 0 Å². The third-order valence-corrected chi connectivity index (χ3v) is 0.594. The van der Waals surface area contributed by atoms with Crippen LogP contribution in [0.4, 0.5) is 0 Å². The summed E-state index contributed by atoms with van der Waals surface area (Å²) in [4.78, 5) is 0. The Bertz CT molecular complexity index is 112. The van der Waals surface area contributed by atoms with E-state index in [0.29, 0.717) is 0 Å². The number of rotatable bonds is 0. The first kappa shape index (κ1) is 4.31. The molecular formula is C4H4BN2. The molecule has 0 aromatic heterocycles. The van der Waals surface area contributed by atoms with Crippen LogP contribution >= 0.6 is 0 Å². The average Bonchev–Trinajstić information content (AvgIpc) is 1.90. The maximum absolute atomic E-state index is 3.60. The van der Waals surface area contributed by atoms with Gasteiger partial charge in [-0.15, -0.1) is 0 Å². The summed E-state index contributed by atoms with van der Waals surface area (Å²) < 4.78 is 0. The molecule has 0 N–H and O–H groups in total. The first-order chi connectivity index (χ1) is 3.50. The fourth-order valence-corrected chi connectivity index (χ4v) is 0.317. The fourth-order valence-electron chi connectivity index (χ4n) is 0.317. The molecule has 0 aromatic carbocycles. The molecule has 7 heavy (non-hydrogen) atoms. The van der Waals surface area contributed by atoms with Crippen molar-refractivity contribution in [2.45, 2.75) is 0 Å². The lowest BCUT2D eigenvalue weighted by molar-refractivity contribution is 1.32. The standard InChI is InChI=1S/C4H4BN2/c1-2-4-6-7-5-3-1/h1-4H. The summed E-state index contributed by atoms with van der Waals surface area (Å²) in [6, 6.07) is 0.